The fourth-order valence-electron chi connectivity index (χ4n) is 6.01. The van der Waals surface area contributed by atoms with Gasteiger partial charge in [-0.3, -0.25) is 14.9 Å². The van der Waals surface area contributed by atoms with Gasteiger partial charge < -0.3 is 19.9 Å². The Kier molecular flexibility index (Phi) is 8.15. The van der Waals surface area contributed by atoms with E-state index in [9.17, 15) is 9.18 Å². The molecule has 4 heterocycles. The first kappa shape index (κ1) is 29.5. The molecule has 0 spiro atoms. The zero-order valence-electron chi connectivity index (χ0n) is 25.8. The highest BCUT2D eigenvalue weighted by Crippen LogP contribution is 2.34. The molecule has 0 radical (unpaired) electrons. The van der Waals surface area contributed by atoms with Gasteiger partial charge in [-0.15, -0.1) is 0 Å². The van der Waals surface area contributed by atoms with E-state index >= 15 is 0 Å². The molecule has 1 fully saturated rings. The summed E-state index contributed by atoms with van der Waals surface area (Å²) in [4.78, 5) is 32.4. The maximum Gasteiger partial charge on any atom is 0.227 e. The van der Waals surface area contributed by atoms with Crippen molar-refractivity contribution in [3.63, 3.8) is 0 Å². The number of fused-ring (bicyclic) bond motifs is 2. The van der Waals surface area contributed by atoms with Crippen LogP contribution in [0.1, 0.15) is 32.1 Å². The number of rotatable bonds is 9. The number of pyridine rings is 2. The quantitative estimate of drug-likeness (QED) is 0.162. The van der Waals surface area contributed by atoms with Gasteiger partial charge in [0.1, 0.15) is 23.7 Å². The van der Waals surface area contributed by atoms with Gasteiger partial charge in [-0.2, -0.15) is 5.10 Å². The van der Waals surface area contributed by atoms with Crippen molar-refractivity contribution in [2.45, 2.75) is 32.1 Å². The topological polar surface area (TPSA) is 125 Å². The van der Waals surface area contributed by atoms with E-state index in [1.54, 1.807) is 12.4 Å². The smallest absolute Gasteiger partial charge is 0.227 e. The summed E-state index contributed by atoms with van der Waals surface area (Å²) in [5, 5.41) is 10.7. The lowest BCUT2D eigenvalue weighted by Gasteiger charge is -2.20. The Morgan fingerprint density at radius 3 is 2.70 bits per heavy atom. The van der Waals surface area contributed by atoms with E-state index in [0.29, 0.717) is 51.9 Å². The minimum absolute atomic E-state index is 0.0501. The number of para-hydroxylation sites is 1. The van der Waals surface area contributed by atoms with Crippen LogP contribution >= 0.6 is 0 Å². The molecule has 1 amide bonds. The molecule has 3 N–H and O–H groups in total. The fourth-order valence-corrected chi connectivity index (χ4v) is 6.01. The molecule has 1 aliphatic rings. The Bertz CT molecular complexity index is 2030. The second-order valence-electron chi connectivity index (χ2n) is 12.1. The lowest BCUT2D eigenvalue weighted by atomic mass is 9.88. The molecule has 0 atom stereocenters. The lowest BCUT2D eigenvalue weighted by Crippen LogP contribution is -2.24. The molecule has 10 nitrogen and oxygen atoms in total. The van der Waals surface area contributed by atoms with Gasteiger partial charge in [-0.25, -0.2) is 14.4 Å². The molecule has 46 heavy (non-hydrogen) atoms. The van der Waals surface area contributed by atoms with Crippen LogP contribution < -0.4 is 10.1 Å². The second kappa shape index (κ2) is 12.7. The number of carbonyl (C=O) groups is 1. The average molecular weight is 619 g/mol. The van der Waals surface area contributed by atoms with Crippen molar-refractivity contribution >= 4 is 33.7 Å². The van der Waals surface area contributed by atoms with Crippen LogP contribution in [0.5, 0.6) is 5.75 Å². The molecule has 4 aromatic heterocycles. The SMILES string of the molecule is CN(C)CCOc1cc(F)cc(-c2cccc3[nH]c(-c4n[nH]c5ccc(-c6cncc(NC(=O)C7CCCCC7)c6)nc45)nc23)c1. The molecule has 1 aliphatic carbocycles. The summed E-state index contributed by atoms with van der Waals surface area (Å²) in [7, 11) is 3.92. The van der Waals surface area contributed by atoms with Crippen LogP contribution in [0.3, 0.4) is 0 Å². The van der Waals surface area contributed by atoms with E-state index in [0.717, 1.165) is 54.4 Å². The van der Waals surface area contributed by atoms with Gasteiger partial charge in [0.15, 0.2) is 11.5 Å². The van der Waals surface area contributed by atoms with Crippen molar-refractivity contribution in [1.82, 2.24) is 35.0 Å². The fraction of sp³-hybridized carbons (Fsp3) is 0.286. The molecule has 0 bridgehead atoms. The summed E-state index contributed by atoms with van der Waals surface area (Å²) in [5.74, 6) is 0.715. The molecule has 0 unspecified atom stereocenters. The van der Waals surface area contributed by atoms with Crippen molar-refractivity contribution in [3.05, 3.63) is 72.8 Å². The van der Waals surface area contributed by atoms with E-state index in [4.69, 9.17) is 14.7 Å². The van der Waals surface area contributed by atoms with Crippen LogP contribution in [-0.4, -0.2) is 68.2 Å². The highest BCUT2D eigenvalue weighted by atomic mass is 19.1. The first-order valence-electron chi connectivity index (χ1n) is 15.6. The number of nitrogens with one attached hydrogen (secondary N) is 3. The Labute approximate surface area is 265 Å². The van der Waals surface area contributed by atoms with Gasteiger partial charge in [-0.05, 0) is 68.9 Å². The van der Waals surface area contributed by atoms with Gasteiger partial charge in [0.2, 0.25) is 5.91 Å². The van der Waals surface area contributed by atoms with Crippen LogP contribution in [0.25, 0.3) is 56.0 Å². The predicted octanol–water partition coefficient (Wildman–Crippen LogP) is 6.83. The van der Waals surface area contributed by atoms with Crippen molar-refractivity contribution in [3.8, 4) is 39.7 Å². The third kappa shape index (κ3) is 6.18. The van der Waals surface area contributed by atoms with Crippen LogP contribution in [0.4, 0.5) is 10.1 Å². The van der Waals surface area contributed by atoms with Gasteiger partial charge in [0, 0.05) is 35.9 Å². The molecule has 1 saturated carbocycles. The van der Waals surface area contributed by atoms with Gasteiger partial charge in [0.25, 0.3) is 0 Å². The molecule has 234 valence electrons. The van der Waals surface area contributed by atoms with Crippen molar-refractivity contribution in [2.24, 2.45) is 5.92 Å². The van der Waals surface area contributed by atoms with Gasteiger partial charge in [-0.1, -0.05) is 31.4 Å². The molecular formula is C35H35FN8O2. The van der Waals surface area contributed by atoms with Crippen LogP contribution in [-0.2, 0) is 4.79 Å². The van der Waals surface area contributed by atoms with E-state index in [1.807, 2.05) is 61.5 Å². The number of aromatic nitrogens is 6. The highest BCUT2D eigenvalue weighted by molar-refractivity contribution is 5.97. The largest absolute Gasteiger partial charge is 0.492 e. The number of ether oxygens (including phenoxy) is 1. The summed E-state index contributed by atoms with van der Waals surface area (Å²) >= 11 is 0. The maximum absolute atomic E-state index is 14.7. The third-order valence-corrected chi connectivity index (χ3v) is 8.41. The van der Waals surface area contributed by atoms with Crippen molar-refractivity contribution in [1.29, 1.82) is 0 Å². The number of anilines is 1. The summed E-state index contributed by atoms with van der Waals surface area (Å²) in [6, 6.07) is 16.2. The Hall–Kier alpha value is -5.16. The normalized spacial score (nSPS) is 13.9. The minimum Gasteiger partial charge on any atom is -0.492 e. The summed E-state index contributed by atoms with van der Waals surface area (Å²) in [5.41, 5.74) is 6.95. The summed E-state index contributed by atoms with van der Waals surface area (Å²) in [6.07, 6.45) is 8.64. The highest BCUT2D eigenvalue weighted by Gasteiger charge is 2.22. The Balaban J connectivity index is 1.19. The molecule has 11 heteroatoms. The number of benzene rings is 2. The van der Waals surface area contributed by atoms with Gasteiger partial charge >= 0.3 is 0 Å². The zero-order chi connectivity index (χ0) is 31.6. The van der Waals surface area contributed by atoms with E-state index in [2.05, 4.69) is 25.5 Å². The van der Waals surface area contributed by atoms with Gasteiger partial charge in [0.05, 0.1) is 34.1 Å². The number of aromatic amines is 2. The average Bonchev–Trinajstić information content (AvgIpc) is 3.69. The molecule has 7 rings (SSSR count). The number of imidazole rings is 1. The van der Waals surface area contributed by atoms with E-state index in [-0.39, 0.29) is 17.6 Å². The number of nitrogens with zero attached hydrogens (tertiary/aromatic N) is 5. The van der Waals surface area contributed by atoms with Crippen LogP contribution in [0.2, 0.25) is 0 Å². The van der Waals surface area contributed by atoms with Crippen molar-refractivity contribution in [2.75, 3.05) is 32.6 Å². The number of amides is 1. The molecule has 0 aliphatic heterocycles. The number of hydrogen-bond donors (Lipinski definition) is 3. The molecular weight excluding hydrogens is 583 g/mol. The monoisotopic (exact) mass is 618 g/mol. The predicted molar refractivity (Wildman–Crippen MR) is 177 cm³/mol. The first-order valence-corrected chi connectivity index (χ1v) is 15.6. The van der Waals surface area contributed by atoms with Crippen LogP contribution in [0, 0.1) is 11.7 Å². The molecule has 0 saturated heterocycles. The maximum atomic E-state index is 14.7. The number of halogens is 1. The Morgan fingerprint density at radius 1 is 0.978 bits per heavy atom. The van der Waals surface area contributed by atoms with Crippen LogP contribution in [0.15, 0.2) is 67.0 Å². The first-order chi connectivity index (χ1) is 22.4. The van der Waals surface area contributed by atoms with Crippen molar-refractivity contribution < 1.29 is 13.9 Å². The minimum atomic E-state index is -0.382. The summed E-state index contributed by atoms with van der Waals surface area (Å²) < 4.78 is 20.5. The third-order valence-electron chi connectivity index (χ3n) is 8.41. The molecule has 2 aromatic carbocycles. The Morgan fingerprint density at radius 2 is 1.85 bits per heavy atom. The second-order valence-corrected chi connectivity index (χ2v) is 12.1. The number of H-pyrrole nitrogens is 2. The van der Waals surface area contributed by atoms with E-state index in [1.165, 1.54) is 18.6 Å². The molecule has 6 aromatic rings. The summed E-state index contributed by atoms with van der Waals surface area (Å²) in [6.45, 7) is 1.17. The number of carbonyl (C=O) groups excluding carboxylic acids is 1. The number of likely N-dealkylation sites (N-methyl/N-ethyl adjacent to an activating group) is 1. The lowest BCUT2D eigenvalue weighted by molar-refractivity contribution is -0.120. The standard InChI is InChI=1S/C35H35FN8O2/c1-44(2)13-14-46-26-17-22(15-24(36)18-26)27-9-6-10-29-31(27)41-34(40-29)33-32-30(42-43-33)12-11-28(39-32)23-16-25(20-37-19-23)38-35(45)21-7-4-3-5-8-21/h6,9-12,15-21H,3-5,7-8,13-14H2,1-2H3,(H,38,45)(H,40,41)(H,42,43). The number of hydrogen-bond acceptors (Lipinski definition) is 7. The zero-order valence-corrected chi connectivity index (χ0v) is 25.8. The van der Waals surface area contributed by atoms with E-state index < -0.39 is 0 Å².